The Bertz CT molecular complexity index is 1230. The molecule has 0 bridgehead atoms. The smallest absolute Gasteiger partial charge is 0.295 e. The number of likely N-dealkylation sites (N-methyl/N-ethyl adjacent to an activating group) is 1. The minimum Gasteiger partial charge on any atom is -0.507 e. The van der Waals surface area contributed by atoms with Gasteiger partial charge in [-0.3, -0.25) is 9.59 Å². The van der Waals surface area contributed by atoms with E-state index in [0.717, 1.165) is 23.5 Å². The van der Waals surface area contributed by atoms with Crippen molar-refractivity contribution in [3.63, 3.8) is 0 Å². The quantitative estimate of drug-likeness (QED) is 0.227. The fourth-order valence-corrected chi connectivity index (χ4v) is 5.32. The molecule has 3 aromatic rings. The van der Waals surface area contributed by atoms with Crippen LogP contribution in [-0.2, 0) is 16.2 Å². The number of rotatable bonds is 10. The zero-order valence-corrected chi connectivity index (χ0v) is 21.8. The molecule has 0 aliphatic carbocycles. The second kappa shape index (κ2) is 11.5. The predicted octanol–water partition coefficient (Wildman–Crippen LogP) is 5.40. The Hall–Kier alpha value is -3.42. The number of carbonyl (C=O) groups excluding carboxylic acids is 2. The molecule has 1 aliphatic rings. The first kappa shape index (κ1) is 25.7. The molecule has 188 valence electrons. The van der Waals surface area contributed by atoms with Gasteiger partial charge in [0, 0.05) is 23.5 Å². The standard InChI is InChI=1S/C29H32N2O4S/c1-4-30(5-2)15-16-31-26(24-10-7-17-36-24)25(28(33)29(31)34)27(32)22-11-13-23(14-12-22)35-19-21-9-6-8-20(3)18-21/h6-14,17-18,26,32H,4-5,15-16,19H2,1-3H3/b27-25+/t26-/m1/s1. The number of aliphatic hydroxyl groups is 1. The number of carbonyl (C=O) groups is 2. The maximum absolute atomic E-state index is 13.1. The number of ketones is 1. The van der Waals surface area contributed by atoms with Crippen LogP contribution in [0.1, 0.15) is 41.5 Å². The molecule has 0 radical (unpaired) electrons. The highest BCUT2D eigenvalue weighted by atomic mass is 32.1. The Morgan fingerprint density at radius 3 is 2.44 bits per heavy atom. The molecule has 36 heavy (non-hydrogen) atoms. The zero-order chi connectivity index (χ0) is 25.7. The van der Waals surface area contributed by atoms with Crippen LogP contribution in [0.15, 0.2) is 71.6 Å². The summed E-state index contributed by atoms with van der Waals surface area (Å²) in [7, 11) is 0. The van der Waals surface area contributed by atoms with Gasteiger partial charge in [0.2, 0.25) is 0 Å². The van der Waals surface area contributed by atoms with E-state index in [-0.39, 0.29) is 11.3 Å². The number of benzene rings is 2. The lowest BCUT2D eigenvalue weighted by Crippen LogP contribution is -2.37. The molecule has 2 aromatic carbocycles. The summed E-state index contributed by atoms with van der Waals surface area (Å²) in [6.07, 6.45) is 0. The topological polar surface area (TPSA) is 70.1 Å². The average molecular weight is 505 g/mol. The lowest BCUT2D eigenvalue weighted by Gasteiger charge is -2.27. The van der Waals surface area contributed by atoms with E-state index in [1.54, 1.807) is 29.2 Å². The zero-order valence-electron chi connectivity index (χ0n) is 20.9. The number of nitrogens with zero attached hydrogens (tertiary/aromatic N) is 2. The third-order valence-electron chi connectivity index (χ3n) is 6.52. The number of ether oxygens (including phenoxy) is 1. The van der Waals surface area contributed by atoms with Crippen molar-refractivity contribution < 1.29 is 19.4 Å². The number of aryl methyl sites for hydroxylation is 1. The van der Waals surface area contributed by atoms with Crippen molar-refractivity contribution in [2.45, 2.75) is 33.4 Å². The van der Waals surface area contributed by atoms with E-state index in [1.807, 2.05) is 42.6 Å². The van der Waals surface area contributed by atoms with E-state index in [9.17, 15) is 14.7 Å². The van der Waals surface area contributed by atoms with E-state index >= 15 is 0 Å². The van der Waals surface area contributed by atoms with Gasteiger partial charge in [-0.25, -0.2) is 0 Å². The summed E-state index contributed by atoms with van der Waals surface area (Å²) in [5.41, 5.74) is 2.85. The van der Waals surface area contributed by atoms with Crippen molar-refractivity contribution in [2.75, 3.05) is 26.2 Å². The third-order valence-corrected chi connectivity index (χ3v) is 7.44. The van der Waals surface area contributed by atoms with E-state index in [2.05, 4.69) is 24.8 Å². The van der Waals surface area contributed by atoms with E-state index in [0.29, 0.717) is 31.0 Å². The molecule has 0 saturated carbocycles. The molecule has 1 amide bonds. The molecule has 1 aliphatic heterocycles. The summed E-state index contributed by atoms with van der Waals surface area (Å²) in [6, 6.07) is 18.3. The van der Waals surface area contributed by atoms with Crippen molar-refractivity contribution in [2.24, 2.45) is 0 Å². The van der Waals surface area contributed by atoms with Crippen LogP contribution in [0.2, 0.25) is 0 Å². The van der Waals surface area contributed by atoms with Gasteiger partial charge in [-0.05, 0) is 61.3 Å². The van der Waals surface area contributed by atoms with Gasteiger partial charge in [0.1, 0.15) is 18.1 Å². The fourth-order valence-electron chi connectivity index (χ4n) is 4.48. The van der Waals surface area contributed by atoms with Gasteiger partial charge in [0.15, 0.2) is 0 Å². The van der Waals surface area contributed by atoms with Crippen LogP contribution in [0.4, 0.5) is 0 Å². The Kier molecular flexibility index (Phi) is 8.23. The fraction of sp³-hybridized carbons (Fsp3) is 0.310. The Labute approximate surface area is 216 Å². The molecule has 1 fully saturated rings. The van der Waals surface area contributed by atoms with Gasteiger partial charge in [-0.2, -0.15) is 0 Å². The monoisotopic (exact) mass is 504 g/mol. The lowest BCUT2D eigenvalue weighted by molar-refractivity contribution is -0.140. The first-order valence-corrected chi connectivity index (χ1v) is 13.1. The van der Waals surface area contributed by atoms with Gasteiger partial charge in [0.25, 0.3) is 11.7 Å². The largest absolute Gasteiger partial charge is 0.507 e. The van der Waals surface area contributed by atoms with Crippen LogP contribution in [0.25, 0.3) is 5.76 Å². The summed E-state index contributed by atoms with van der Waals surface area (Å²) in [6.45, 7) is 9.42. The number of Topliss-reactive ketones (excluding diaryl/α,β-unsaturated/α-hetero) is 1. The molecule has 4 rings (SSSR count). The minimum absolute atomic E-state index is 0.135. The van der Waals surface area contributed by atoms with E-state index in [4.69, 9.17) is 4.74 Å². The maximum Gasteiger partial charge on any atom is 0.295 e. The normalized spacial score (nSPS) is 17.2. The van der Waals surface area contributed by atoms with Crippen LogP contribution in [0.3, 0.4) is 0 Å². The molecule has 6 nitrogen and oxygen atoms in total. The van der Waals surface area contributed by atoms with Crippen molar-refractivity contribution in [1.82, 2.24) is 9.80 Å². The molecule has 0 unspecified atom stereocenters. The highest BCUT2D eigenvalue weighted by molar-refractivity contribution is 7.10. The molecule has 1 saturated heterocycles. The lowest BCUT2D eigenvalue weighted by atomic mass is 10.00. The van der Waals surface area contributed by atoms with Gasteiger partial charge in [0.05, 0.1) is 11.6 Å². The molecule has 1 atom stereocenters. The van der Waals surface area contributed by atoms with Crippen molar-refractivity contribution >= 4 is 28.8 Å². The SMILES string of the molecule is CCN(CC)CCN1C(=O)C(=O)/C(=C(/O)c2ccc(OCc3cccc(C)c3)cc2)[C@H]1c1cccs1. The molecule has 2 heterocycles. The molecule has 1 aromatic heterocycles. The summed E-state index contributed by atoms with van der Waals surface area (Å²) < 4.78 is 5.89. The molecule has 0 spiro atoms. The van der Waals surface area contributed by atoms with Gasteiger partial charge < -0.3 is 19.6 Å². The molecule has 7 heteroatoms. The van der Waals surface area contributed by atoms with Crippen LogP contribution in [0.5, 0.6) is 5.75 Å². The second-order valence-corrected chi connectivity index (χ2v) is 9.82. The first-order valence-electron chi connectivity index (χ1n) is 12.3. The first-order chi connectivity index (χ1) is 17.4. The summed E-state index contributed by atoms with van der Waals surface area (Å²) in [4.78, 5) is 30.8. The van der Waals surface area contributed by atoms with Crippen LogP contribution in [0, 0.1) is 6.92 Å². The number of likely N-dealkylation sites (tertiary alicyclic amines) is 1. The maximum atomic E-state index is 13.1. The predicted molar refractivity (Wildman–Crippen MR) is 143 cm³/mol. The summed E-state index contributed by atoms with van der Waals surface area (Å²) in [5.74, 6) is -0.727. The Morgan fingerprint density at radius 2 is 1.81 bits per heavy atom. The van der Waals surface area contributed by atoms with Crippen LogP contribution >= 0.6 is 11.3 Å². The number of thiophene rings is 1. The van der Waals surface area contributed by atoms with Crippen molar-refractivity contribution in [3.8, 4) is 5.75 Å². The molecular formula is C29H32N2O4S. The number of hydrogen-bond acceptors (Lipinski definition) is 6. The van der Waals surface area contributed by atoms with Crippen LogP contribution < -0.4 is 4.74 Å². The van der Waals surface area contributed by atoms with Crippen molar-refractivity contribution in [3.05, 3.63) is 93.2 Å². The molecular weight excluding hydrogens is 472 g/mol. The highest BCUT2D eigenvalue weighted by Crippen LogP contribution is 2.41. The van der Waals surface area contributed by atoms with E-state index < -0.39 is 17.7 Å². The second-order valence-electron chi connectivity index (χ2n) is 8.84. The highest BCUT2D eigenvalue weighted by Gasteiger charge is 2.46. The molecule has 1 N–H and O–H groups in total. The van der Waals surface area contributed by atoms with Gasteiger partial charge in [-0.15, -0.1) is 11.3 Å². The van der Waals surface area contributed by atoms with Crippen molar-refractivity contribution in [1.29, 1.82) is 0 Å². The third kappa shape index (κ3) is 5.53. The number of amides is 1. The number of aliphatic hydroxyl groups excluding tert-OH is 1. The number of hydrogen-bond donors (Lipinski definition) is 1. The van der Waals surface area contributed by atoms with E-state index in [1.165, 1.54) is 16.9 Å². The van der Waals surface area contributed by atoms with Gasteiger partial charge >= 0.3 is 0 Å². The summed E-state index contributed by atoms with van der Waals surface area (Å²) >= 11 is 1.47. The van der Waals surface area contributed by atoms with Crippen LogP contribution in [-0.4, -0.2) is 52.8 Å². The summed E-state index contributed by atoms with van der Waals surface area (Å²) in [5, 5.41) is 13.1. The Balaban J connectivity index is 1.59. The minimum atomic E-state index is -0.648. The average Bonchev–Trinajstić information content (AvgIpc) is 3.50. The Morgan fingerprint density at radius 1 is 1.06 bits per heavy atom. The van der Waals surface area contributed by atoms with Gasteiger partial charge in [-0.1, -0.05) is 49.7 Å².